The molecule has 2 aromatic carbocycles. The Hall–Kier alpha value is -3.60. The number of aryl methyl sites for hydroxylation is 2. The monoisotopic (exact) mass is 386 g/mol. The first-order valence-electron chi connectivity index (χ1n) is 9.22. The molecule has 0 spiro atoms. The van der Waals surface area contributed by atoms with Crippen LogP contribution in [0.25, 0.3) is 44.5 Å². The van der Waals surface area contributed by atoms with Crippen LogP contribution < -0.4 is 0 Å². The van der Waals surface area contributed by atoms with Crippen molar-refractivity contribution in [1.29, 1.82) is 0 Å². The molecule has 0 saturated heterocycles. The minimum absolute atomic E-state index is 0.263. The first-order chi connectivity index (χ1) is 14.0. The van der Waals surface area contributed by atoms with Gasteiger partial charge >= 0.3 is 0 Å². The number of para-hydroxylation sites is 1. The summed E-state index contributed by atoms with van der Waals surface area (Å²) in [6.45, 7) is 3.47. The molecule has 0 fully saturated rings. The number of aromatic nitrogens is 2. The minimum atomic E-state index is -0.862. The molecule has 0 unspecified atom stereocenters. The standard InChI is InChI=1S/C24H16F2N2O/c1-13-10-16(11-20(25)22(13)26)15-8-9-27-21(12-15)19-5-3-4-17-18-7-6-14(2)28-24(18)29-23(17)19/h3-12H,1-2H3. The Morgan fingerprint density at radius 2 is 1.72 bits per heavy atom. The van der Waals surface area contributed by atoms with E-state index in [1.165, 1.54) is 6.07 Å². The number of hydrogen-bond acceptors (Lipinski definition) is 3. The first kappa shape index (κ1) is 17.5. The third-order valence-corrected chi connectivity index (χ3v) is 5.08. The molecule has 142 valence electrons. The summed E-state index contributed by atoms with van der Waals surface area (Å²) in [6.07, 6.45) is 1.66. The zero-order valence-corrected chi connectivity index (χ0v) is 15.8. The van der Waals surface area contributed by atoms with Gasteiger partial charge in [-0.2, -0.15) is 0 Å². The molecule has 0 aliphatic rings. The number of hydrogen-bond donors (Lipinski definition) is 0. The maximum atomic E-state index is 13.9. The highest BCUT2D eigenvalue weighted by Gasteiger charge is 2.15. The van der Waals surface area contributed by atoms with Crippen molar-refractivity contribution in [2.24, 2.45) is 0 Å². The average molecular weight is 386 g/mol. The van der Waals surface area contributed by atoms with Crippen molar-refractivity contribution in [1.82, 2.24) is 9.97 Å². The Morgan fingerprint density at radius 3 is 2.55 bits per heavy atom. The number of nitrogens with zero attached hydrogens (tertiary/aromatic N) is 2. The fourth-order valence-corrected chi connectivity index (χ4v) is 3.62. The second kappa shape index (κ2) is 6.48. The molecule has 3 aromatic heterocycles. The molecule has 0 aliphatic carbocycles. The Labute approximate surface area is 165 Å². The fraction of sp³-hybridized carbons (Fsp3) is 0.0833. The van der Waals surface area contributed by atoms with Crippen LogP contribution in [0.3, 0.4) is 0 Å². The van der Waals surface area contributed by atoms with Crippen molar-refractivity contribution in [3.05, 3.63) is 83.7 Å². The first-order valence-corrected chi connectivity index (χ1v) is 9.22. The summed E-state index contributed by atoms with van der Waals surface area (Å²) >= 11 is 0. The summed E-state index contributed by atoms with van der Waals surface area (Å²) in [6, 6.07) is 16.3. The average Bonchev–Trinajstić information content (AvgIpc) is 3.09. The Bertz CT molecular complexity index is 1380. The molecule has 3 nitrogen and oxygen atoms in total. The Morgan fingerprint density at radius 1 is 0.862 bits per heavy atom. The molecule has 0 saturated carbocycles. The van der Waals surface area contributed by atoms with Crippen LogP contribution in [-0.4, -0.2) is 9.97 Å². The smallest absolute Gasteiger partial charge is 0.227 e. The van der Waals surface area contributed by atoms with Crippen LogP contribution in [0.2, 0.25) is 0 Å². The van der Waals surface area contributed by atoms with E-state index in [1.807, 2.05) is 43.3 Å². The van der Waals surface area contributed by atoms with Crippen molar-refractivity contribution in [3.8, 4) is 22.4 Å². The summed E-state index contributed by atoms with van der Waals surface area (Å²) < 4.78 is 33.6. The minimum Gasteiger partial charge on any atom is -0.437 e. The van der Waals surface area contributed by atoms with Gasteiger partial charge in [0.05, 0.1) is 5.69 Å². The van der Waals surface area contributed by atoms with Crippen molar-refractivity contribution in [2.45, 2.75) is 13.8 Å². The summed E-state index contributed by atoms with van der Waals surface area (Å²) in [5.74, 6) is -1.68. The maximum Gasteiger partial charge on any atom is 0.227 e. The van der Waals surface area contributed by atoms with Crippen molar-refractivity contribution in [3.63, 3.8) is 0 Å². The van der Waals surface area contributed by atoms with Gasteiger partial charge in [-0.3, -0.25) is 4.98 Å². The predicted molar refractivity (Wildman–Crippen MR) is 110 cm³/mol. The van der Waals surface area contributed by atoms with Crippen LogP contribution in [0.15, 0.2) is 65.2 Å². The molecule has 29 heavy (non-hydrogen) atoms. The van der Waals surface area contributed by atoms with Gasteiger partial charge in [0.2, 0.25) is 5.71 Å². The molecule has 0 aliphatic heterocycles. The number of rotatable bonds is 2. The second-order valence-electron chi connectivity index (χ2n) is 7.11. The van der Waals surface area contributed by atoms with Crippen LogP contribution >= 0.6 is 0 Å². The van der Waals surface area contributed by atoms with E-state index in [4.69, 9.17) is 4.42 Å². The lowest BCUT2D eigenvalue weighted by Crippen LogP contribution is -1.92. The highest BCUT2D eigenvalue weighted by atomic mass is 19.2. The second-order valence-corrected chi connectivity index (χ2v) is 7.11. The van der Waals surface area contributed by atoms with Gasteiger partial charge in [0.25, 0.3) is 0 Å². The van der Waals surface area contributed by atoms with E-state index < -0.39 is 11.6 Å². The zero-order chi connectivity index (χ0) is 20.1. The van der Waals surface area contributed by atoms with Crippen molar-refractivity contribution >= 4 is 22.1 Å². The van der Waals surface area contributed by atoms with E-state index in [9.17, 15) is 8.78 Å². The molecular formula is C24H16F2N2O. The van der Waals surface area contributed by atoms with Gasteiger partial charge < -0.3 is 4.42 Å². The van der Waals surface area contributed by atoms with E-state index in [0.29, 0.717) is 22.6 Å². The quantitative estimate of drug-likeness (QED) is 0.343. The largest absolute Gasteiger partial charge is 0.437 e. The Kier molecular flexibility index (Phi) is 3.91. The highest BCUT2D eigenvalue weighted by molar-refractivity contribution is 6.08. The van der Waals surface area contributed by atoms with Crippen LogP contribution in [-0.2, 0) is 0 Å². The van der Waals surface area contributed by atoms with Crippen molar-refractivity contribution in [2.75, 3.05) is 0 Å². The Balaban J connectivity index is 1.70. The van der Waals surface area contributed by atoms with Crippen LogP contribution in [0, 0.1) is 25.5 Å². The summed E-state index contributed by atoms with van der Waals surface area (Å²) in [7, 11) is 0. The lowest BCUT2D eigenvalue weighted by atomic mass is 10.0. The van der Waals surface area contributed by atoms with Crippen LogP contribution in [0.4, 0.5) is 8.78 Å². The number of pyridine rings is 2. The molecule has 5 rings (SSSR count). The van der Waals surface area contributed by atoms with E-state index >= 15 is 0 Å². The normalized spacial score (nSPS) is 11.4. The summed E-state index contributed by atoms with van der Waals surface area (Å²) in [5, 5.41) is 1.90. The van der Waals surface area contributed by atoms with E-state index in [2.05, 4.69) is 9.97 Å². The molecule has 0 bridgehead atoms. The molecule has 5 heteroatoms. The number of furan rings is 1. The third-order valence-electron chi connectivity index (χ3n) is 5.08. The van der Waals surface area contributed by atoms with E-state index in [0.717, 1.165) is 27.6 Å². The topological polar surface area (TPSA) is 38.9 Å². The van der Waals surface area contributed by atoms with Gasteiger partial charge in [-0.15, -0.1) is 0 Å². The zero-order valence-electron chi connectivity index (χ0n) is 15.8. The van der Waals surface area contributed by atoms with Crippen molar-refractivity contribution < 1.29 is 13.2 Å². The van der Waals surface area contributed by atoms with E-state index in [-0.39, 0.29) is 5.56 Å². The number of halogens is 2. The number of fused-ring (bicyclic) bond motifs is 3. The molecule has 0 atom stereocenters. The van der Waals surface area contributed by atoms with Gasteiger partial charge in [0, 0.05) is 28.2 Å². The van der Waals surface area contributed by atoms with Gasteiger partial charge in [0.15, 0.2) is 11.6 Å². The predicted octanol–water partition coefficient (Wildman–Crippen LogP) is 6.61. The van der Waals surface area contributed by atoms with Gasteiger partial charge in [0.1, 0.15) is 5.58 Å². The molecule has 5 aromatic rings. The van der Waals surface area contributed by atoms with Crippen LogP contribution in [0.5, 0.6) is 0 Å². The SMILES string of the molecule is Cc1ccc2c(n1)oc1c(-c3cc(-c4cc(C)c(F)c(F)c4)ccn3)cccc12. The maximum absolute atomic E-state index is 13.9. The van der Waals surface area contributed by atoms with Crippen LogP contribution in [0.1, 0.15) is 11.3 Å². The third kappa shape index (κ3) is 2.86. The molecule has 0 radical (unpaired) electrons. The molecule has 3 heterocycles. The van der Waals surface area contributed by atoms with Gasteiger partial charge in [-0.25, -0.2) is 13.8 Å². The lowest BCUT2D eigenvalue weighted by Gasteiger charge is -2.08. The molecule has 0 N–H and O–H groups in total. The fourth-order valence-electron chi connectivity index (χ4n) is 3.62. The summed E-state index contributed by atoms with van der Waals surface area (Å²) in [5.41, 5.74) is 5.28. The lowest BCUT2D eigenvalue weighted by molar-refractivity contribution is 0.503. The highest BCUT2D eigenvalue weighted by Crippen LogP contribution is 2.35. The van der Waals surface area contributed by atoms with Gasteiger partial charge in [-0.05, 0) is 73.0 Å². The number of benzene rings is 2. The summed E-state index contributed by atoms with van der Waals surface area (Å²) in [4.78, 5) is 8.96. The molecular weight excluding hydrogens is 370 g/mol. The van der Waals surface area contributed by atoms with E-state index in [1.54, 1.807) is 25.3 Å². The molecule has 0 amide bonds. The van der Waals surface area contributed by atoms with Gasteiger partial charge in [-0.1, -0.05) is 12.1 Å².